The van der Waals surface area contributed by atoms with E-state index in [0.29, 0.717) is 17.9 Å². The largest absolute Gasteiger partial charge is 0.368 e. The van der Waals surface area contributed by atoms with Crippen molar-refractivity contribution in [3.8, 4) is 0 Å². The van der Waals surface area contributed by atoms with E-state index < -0.39 is 5.54 Å². The summed E-state index contributed by atoms with van der Waals surface area (Å²) in [6.45, 7) is 9.49. The molecule has 20 heavy (non-hydrogen) atoms. The number of hydrogen-bond donors (Lipinski definition) is 2. The van der Waals surface area contributed by atoms with E-state index in [-0.39, 0.29) is 5.91 Å². The van der Waals surface area contributed by atoms with Gasteiger partial charge in [0.05, 0.1) is 0 Å². The molecule has 0 aromatic rings. The maximum atomic E-state index is 12.2. The zero-order valence-electron chi connectivity index (χ0n) is 13.3. The number of nitrogens with two attached hydrogens (primary N) is 1. The Balaban J connectivity index is 2.12. The number of primary amides is 1. The summed E-state index contributed by atoms with van der Waals surface area (Å²) in [5.74, 6) is 0.941. The van der Waals surface area contributed by atoms with E-state index in [1.54, 1.807) is 0 Å². The molecule has 3 N–H and O–H groups in total. The molecule has 2 rings (SSSR count). The zero-order valence-corrected chi connectivity index (χ0v) is 13.3. The average Bonchev–Trinajstić information content (AvgIpc) is 3.14. The van der Waals surface area contributed by atoms with Crippen molar-refractivity contribution in [3.05, 3.63) is 0 Å². The Hall–Kier alpha value is -0.610. The topological polar surface area (TPSA) is 58.4 Å². The molecule has 1 aliphatic carbocycles. The lowest BCUT2D eigenvalue weighted by Gasteiger charge is -2.39. The number of carbonyl (C=O) groups is 1. The molecule has 0 radical (unpaired) electrons. The Labute approximate surface area is 123 Å². The molecular weight excluding hydrogens is 250 g/mol. The molecule has 0 bridgehead atoms. The highest BCUT2D eigenvalue weighted by molar-refractivity contribution is 5.86. The van der Waals surface area contributed by atoms with Gasteiger partial charge in [-0.05, 0) is 57.0 Å². The lowest BCUT2D eigenvalue weighted by atomic mass is 9.90. The molecule has 1 saturated carbocycles. The molecule has 0 aromatic carbocycles. The molecule has 2 unspecified atom stereocenters. The molecule has 0 aromatic heterocycles. The highest BCUT2D eigenvalue weighted by Crippen LogP contribution is 2.41. The molecule has 1 amide bonds. The van der Waals surface area contributed by atoms with Crippen LogP contribution < -0.4 is 11.1 Å². The lowest BCUT2D eigenvalue weighted by Crippen LogP contribution is -2.64. The van der Waals surface area contributed by atoms with Crippen LogP contribution in [0.15, 0.2) is 0 Å². The third kappa shape index (κ3) is 3.17. The van der Waals surface area contributed by atoms with Gasteiger partial charge in [0.1, 0.15) is 5.54 Å². The molecule has 0 spiro atoms. The second-order valence-corrected chi connectivity index (χ2v) is 6.96. The molecule has 116 valence electrons. The quantitative estimate of drug-likeness (QED) is 0.712. The summed E-state index contributed by atoms with van der Waals surface area (Å²) in [6, 6.07) is 0.607. The van der Waals surface area contributed by atoms with Gasteiger partial charge in [0.25, 0.3) is 0 Å². The normalized spacial score (nSPS) is 26.9. The Morgan fingerprint density at radius 1 is 1.40 bits per heavy atom. The van der Waals surface area contributed by atoms with Crippen LogP contribution in [0.2, 0.25) is 0 Å². The van der Waals surface area contributed by atoms with Crippen molar-refractivity contribution in [3.63, 3.8) is 0 Å². The predicted octanol–water partition coefficient (Wildman–Crippen LogP) is 1.74. The number of amides is 1. The number of nitrogens with zero attached hydrogens (tertiary/aromatic N) is 1. The van der Waals surface area contributed by atoms with E-state index in [1.807, 2.05) is 0 Å². The summed E-state index contributed by atoms with van der Waals surface area (Å²) in [5, 5.41) is 3.51. The second kappa shape index (κ2) is 6.44. The van der Waals surface area contributed by atoms with Gasteiger partial charge in [0.15, 0.2) is 0 Å². The molecule has 2 aliphatic rings. The van der Waals surface area contributed by atoms with E-state index in [0.717, 1.165) is 38.9 Å². The summed E-state index contributed by atoms with van der Waals surface area (Å²) in [7, 11) is 0. The van der Waals surface area contributed by atoms with Crippen LogP contribution in [0.25, 0.3) is 0 Å². The Bertz CT molecular complexity index is 341. The maximum absolute atomic E-state index is 12.2. The minimum atomic E-state index is -0.493. The summed E-state index contributed by atoms with van der Waals surface area (Å²) in [5.41, 5.74) is 5.33. The minimum absolute atomic E-state index is 0.150. The molecule has 1 saturated heterocycles. The number of carbonyl (C=O) groups excluding carboxylic acids is 1. The van der Waals surface area contributed by atoms with Crippen LogP contribution in [-0.2, 0) is 4.79 Å². The molecule has 4 nitrogen and oxygen atoms in total. The Kier molecular flexibility index (Phi) is 5.08. The molecule has 1 aliphatic heterocycles. The van der Waals surface area contributed by atoms with Crippen molar-refractivity contribution in [2.45, 2.75) is 64.5 Å². The number of rotatable bonds is 8. The first-order chi connectivity index (χ1) is 9.51. The van der Waals surface area contributed by atoms with Crippen LogP contribution in [0, 0.1) is 11.8 Å². The van der Waals surface area contributed by atoms with Gasteiger partial charge < -0.3 is 11.1 Å². The molecule has 1 heterocycles. The van der Waals surface area contributed by atoms with Gasteiger partial charge in [-0.3, -0.25) is 9.69 Å². The SMILES string of the molecule is CCCNC(CN1CCCC1C(C)C)(C(N)=O)C1CC1. The fourth-order valence-electron chi connectivity index (χ4n) is 3.74. The van der Waals surface area contributed by atoms with E-state index >= 15 is 0 Å². The summed E-state index contributed by atoms with van der Waals surface area (Å²) < 4.78 is 0. The third-order valence-corrected chi connectivity index (χ3v) is 5.04. The zero-order chi connectivity index (χ0) is 14.8. The van der Waals surface area contributed by atoms with Crippen molar-refractivity contribution in [1.82, 2.24) is 10.2 Å². The van der Waals surface area contributed by atoms with Crippen LogP contribution >= 0.6 is 0 Å². The Morgan fingerprint density at radius 3 is 2.60 bits per heavy atom. The van der Waals surface area contributed by atoms with Crippen LogP contribution in [-0.4, -0.2) is 42.0 Å². The van der Waals surface area contributed by atoms with Gasteiger partial charge in [-0.15, -0.1) is 0 Å². The summed E-state index contributed by atoms with van der Waals surface area (Å²) in [4.78, 5) is 14.7. The van der Waals surface area contributed by atoms with E-state index in [9.17, 15) is 4.79 Å². The van der Waals surface area contributed by atoms with E-state index in [2.05, 4.69) is 31.0 Å². The summed E-state index contributed by atoms with van der Waals surface area (Å²) in [6.07, 6.45) is 5.82. The van der Waals surface area contributed by atoms with Gasteiger partial charge in [-0.25, -0.2) is 0 Å². The van der Waals surface area contributed by atoms with E-state index in [4.69, 9.17) is 5.73 Å². The van der Waals surface area contributed by atoms with Crippen molar-refractivity contribution < 1.29 is 4.79 Å². The highest BCUT2D eigenvalue weighted by atomic mass is 16.1. The molecular formula is C16H31N3O. The van der Waals surface area contributed by atoms with Crippen LogP contribution in [0.4, 0.5) is 0 Å². The predicted molar refractivity (Wildman–Crippen MR) is 82.4 cm³/mol. The van der Waals surface area contributed by atoms with Gasteiger partial charge >= 0.3 is 0 Å². The standard InChI is InChI=1S/C16H31N3O/c1-4-9-18-16(15(17)20,13-7-8-13)11-19-10-5-6-14(19)12(2)3/h12-14,18H,4-11H2,1-3H3,(H2,17,20). The first-order valence-electron chi connectivity index (χ1n) is 8.30. The third-order valence-electron chi connectivity index (χ3n) is 5.04. The van der Waals surface area contributed by atoms with Crippen LogP contribution in [0.3, 0.4) is 0 Å². The van der Waals surface area contributed by atoms with Gasteiger partial charge in [0, 0.05) is 12.6 Å². The first kappa shape index (κ1) is 15.8. The Morgan fingerprint density at radius 2 is 2.10 bits per heavy atom. The number of likely N-dealkylation sites (tertiary alicyclic amines) is 1. The second-order valence-electron chi connectivity index (χ2n) is 6.96. The fourth-order valence-corrected chi connectivity index (χ4v) is 3.74. The van der Waals surface area contributed by atoms with Gasteiger partial charge in [-0.1, -0.05) is 20.8 Å². The van der Waals surface area contributed by atoms with Crippen molar-refractivity contribution >= 4 is 5.91 Å². The summed E-state index contributed by atoms with van der Waals surface area (Å²) >= 11 is 0. The van der Waals surface area contributed by atoms with E-state index in [1.165, 1.54) is 12.8 Å². The minimum Gasteiger partial charge on any atom is -0.368 e. The van der Waals surface area contributed by atoms with Crippen LogP contribution in [0.1, 0.15) is 52.9 Å². The van der Waals surface area contributed by atoms with Crippen LogP contribution in [0.5, 0.6) is 0 Å². The monoisotopic (exact) mass is 281 g/mol. The van der Waals surface area contributed by atoms with Gasteiger partial charge in [0.2, 0.25) is 5.91 Å². The highest BCUT2D eigenvalue weighted by Gasteiger charge is 2.51. The average molecular weight is 281 g/mol. The van der Waals surface area contributed by atoms with Crippen molar-refractivity contribution in [1.29, 1.82) is 0 Å². The smallest absolute Gasteiger partial charge is 0.239 e. The fraction of sp³-hybridized carbons (Fsp3) is 0.938. The van der Waals surface area contributed by atoms with Gasteiger partial charge in [-0.2, -0.15) is 0 Å². The number of nitrogens with one attached hydrogen (secondary N) is 1. The van der Waals surface area contributed by atoms with Crippen molar-refractivity contribution in [2.75, 3.05) is 19.6 Å². The molecule has 2 fully saturated rings. The molecule has 4 heteroatoms. The lowest BCUT2D eigenvalue weighted by molar-refractivity contribution is -0.126. The maximum Gasteiger partial charge on any atom is 0.239 e. The molecule has 2 atom stereocenters. The first-order valence-corrected chi connectivity index (χ1v) is 8.30. The number of hydrogen-bond acceptors (Lipinski definition) is 3. The van der Waals surface area contributed by atoms with Crippen molar-refractivity contribution in [2.24, 2.45) is 17.6 Å².